The summed E-state index contributed by atoms with van der Waals surface area (Å²) in [5.74, 6) is -0.162. The second kappa shape index (κ2) is 8.62. The lowest BCUT2D eigenvalue weighted by Gasteiger charge is -2.10. The third-order valence-electron chi connectivity index (χ3n) is 3.85. The lowest BCUT2D eigenvalue weighted by molar-refractivity contribution is -0.116. The summed E-state index contributed by atoms with van der Waals surface area (Å²) in [7, 11) is 0. The number of anilines is 1. The van der Waals surface area contributed by atoms with Gasteiger partial charge in [0.25, 0.3) is 0 Å². The van der Waals surface area contributed by atoms with Gasteiger partial charge in [-0.1, -0.05) is 36.4 Å². The zero-order valence-electron chi connectivity index (χ0n) is 14.2. The third kappa shape index (κ3) is 4.80. The van der Waals surface area contributed by atoms with E-state index in [2.05, 4.69) is 20.9 Å². The maximum atomic E-state index is 12.1. The van der Waals surface area contributed by atoms with E-state index in [1.807, 2.05) is 60.7 Å². The van der Waals surface area contributed by atoms with Crippen LogP contribution in [0.4, 0.5) is 10.5 Å². The summed E-state index contributed by atoms with van der Waals surface area (Å²) in [6.07, 6.45) is 1.90. The number of pyridine rings is 1. The van der Waals surface area contributed by atoms with Crippen molar-refractivity contribution in [3.63, 3.8) is 0 Å². The molecular formula is C20H20N4O2. The topological polar surface area (TPSA) is 83.1 Å². The first-order chi connectivity index (χ1) is 12.7. The van der Waals surface area contributed by atoms with Crippen molar-refractivity contribution in [1.29, 1.82) is 0 Å². The summed E-state index contributed by atoms with van der Waals surface area (Å²) >= 11 is 0. The molecule has 3 N–H and O–H groups in total. The first kappa shape index (κ1) is 17.4. The second-order valence-corrected chi connectivity index (χ2v) is 5.77. The normalized spacial score (nSPS) is 10.3. The maximum absolute atomic E-state index is 12.1. The number of aromatic nitrogens is 1. The van der Waals surface area contributed by atoms with Crippen LogP contribution in [0.15, 0.2) is 66.9 Å². The number of rotatable bonds is 6. The minimum Gasteiger partial charge on any atom is -0.338 e. The number of nitrogens with one attached hydrogen (secondary N) is 3. The fourth-order valence-electron chi connectivity index (χ4n) is 2.56. The minimum absolute atomic E-state index is 0.162. The highest BCUT2D eigenvalue weighted by molar-refractivity contribution is 6.01. The van der Waals surface area contributed by atoms with Crippen LogP contribution in [0.2, 0.25) is 0 Å². The van der Waals surface area contributed by atoms with Gasteiger partial charge in [-0.2, -0.15) is 0 Å². The van der Waals surface area contributed by atoms with Crippen LogP contribution >= 0.6 is 0 Å². The molecule has 1 heterocycles. The van der Waals surface area contributed by atoms with Crippen LogP contribution in [0, 0.1) is 0 Å². The van der Waals surface area contributed by atoms with Crippen LogP contribution in [0.5, 0.6) is 0 Å². The molecule has 3 aromatic rings. The van der Waals surface area contributed by atoms with Gasteiger partial charge in [-0.15, -0.1) is 0 Å². The van der Waals surface area contributed by atoms with Gasteiger partial charge in [0, 0.05) is 31.1 Å². The number of carbonyl (C=O) groups is 2. The van der Waals surface area contributed by atoms with Crippen molar-refractivity contribution in [2.45, 2.75) is 13.0 Å². The number of benzene rings is 2. The zero-order valence-corrected chi connectivity index (χ0v) is 14.2. The van der Waals surface area contributed by atoms with Gasteiger partial charge in [-0.25, -0.2) is 4.79 Å². The summed E-state index contributed by atoms with van der Waals surface area (Å²) in [4.78, 5) is 28.1. The first-order valence-electron chi connectivity index (χ1n) is 8.41. The van der Waals surface area contributed by atoms with E-state index in [1.54, 1.807) is 6.20 Å². The quantitative estimate of drug-likeness (QED) is 0.640. The Balaban J connectivity index is 1.43. The molecule has 26 heavy (non-hydrogen) atoms. The Kier molecular flexibility index (Phi) is 5.77. The summed E-state index contributed by atoms with van der Waals surface area (Å²) in [6.45, 7) is 0.706. The monoisotopic (exact) mass is 348 g/mol. The van der Waals surface area contributed by atoms with Gasteiger partial charge in [0.2, 0.25) is 5.91 Å². The van der Waals surface area contributed by atoms with E-state index < -0.39 is 0 Å². The largest absolute Gasteiger partial charge is 0.338 e. The van der Waals surface area contributed by atoms with Crippen LogP contribution in [-0.2, 0) is 11.3 Å². The van der Waals surface area contributed by atoms with E-state index >= 15 is 0 Å². The lowest BCUT2D eigenvalue weighted by atomic mass is 10.2. The van der Waals surface area contributed by atoms with Crippen molar-refractivity contribution in [3.05, 3.63) is 72.4 Å². The smallest absolute Gasteiger partial charge is 0.315 e. The van der Waals surface area contributed by atoms with E-state index in [9.17, 15) is 9.59 Å². The Hall–Kier alpha value is -3.41. The molecule has 0 saturated heterocycles. The molecule has 0 aliphatic carbocycles. The van der Waals surface area contributed by atoms with Crippen molar-refractivity contribution in [3.8, 4) is 0 Å². The second-order valence-electron chi connectivity index (χ2n) is 5.77. The Morgan fingerprint density at radius 2 is 1.73 bits per heavy atom. The molecule has 6 heteroatoms. The van der Waals surface area contributed by atoms with Crippen LogP contribution in [0.25, 0.3) is 10.9 Å². The number of amides is 3. The highest BCUT2D eigenvalue weighted by Gasteiger charge is 2.07. The van der Waals surface area contributed by atoms with Crippen molar-refractivity contribution >= 4 is 28.5 Å². The molecule has 0 spiro atoms. The predicted octanol–water partition coefficient (Wildman–Crippen LogP) is 3.06. The fraction of sp³-hybridized carbons (Fsp3) is 0.150. The van der Waals surface area contributed by atoms with Gasteiger partial charge in [0.1, 0.15) is 0 Å². The third-order valence-corrected chi connectivity index (χ3v) is 3.85. The first-order valence-corrected chi connectivity index (χ1v) is 8.41. The molecule has 3 amide bonds. The summed E-state index contributed by atoms with van der Waals surface area (Å²) in [6, 6.07) is 18.7. The molecule has 2 aromatic carbocycles. The zero-order chi connectivity index (χ0) is 18.2. The Labute approximate surface area is 151 Å². The predicted molar refractivity (Wildman–Crippen MR) is 102 cm³/mol. The molecule has 0 bridgehead atoms. The average molecular weight is 348 g/mol. The molecule has 0 aliphatic heterocycles. The number of hydrogen-bond acceptors (Lipinski definition) is 3. The lowest BCUT2D eigenvalue weighted by Crippen LogP contribution is -2.36. The molecule has 1 aromatic heterocycles. The van der Waals surface area contributed by atoms with Crippen LogP contribution in [-0.4, -0.2) is 23.5 Å². The van der Waals surface area contributed by atoms with E-state index in [4.69, 9.17) is 0 Å². The van der Waals surface area contributed by atoms with E-state index in [0.717, 1.165) is 16.5 Å². The van der Waals surface area contributed by atoms with E-state index in [0.29, 0.717) is 12.2 Å². The molecule has 0 atom stereocenters. The van der Waals surface area contributed by atoms with Gasteiger partial charge in [0.05, 0.1) is 11.2 Å². The molecule has 3 rings (SSSR count). The van der Waals surface area contributed by atoms with Crippen molar-refractivity contribution in [2.75, 3.05) is 11.9 Å². The number of carbonyl (C=O) groups excluding carboxylic acids is 2. The Morgan fingerprint density at radius 1 is 0.885 bits per heavy atom. The molecule has 6 nitrogen and oxygen atoms in total. The molecule has 132 valence electrons. The molecular weight excluding hydrogens is 328 g/mol. The van der Waals surface area contributed by atoms with Gasteiger partial charge in [-0.05, 0) is 29.8 Å². The fourth-order valence-corrected chi connectivity index (χ4v) is 2.56. The van der Waals surface area contributed by atoms with E-state index in [-0.39, 0.29) is 24.9 Å². The standard InChI is InChI=1S/C20H20N4O2/c25-19(24-18-10-4-9-17-16(18)8-5-12-21-17)11-13-22-20(26)23-14-15-6-2-1-3-7-15/h1-10,12H,11,13-14H2,(H,24,25)(H2,22,23,26). The molecule has 0 saturated carbocycles. The molecule has 0 unspecified atom stereocenters. The summed E-state index contributed by atoms with van der Waals surface area (Å²) in [5.41, 5.74) is 2.56. The SMILES string of the molecule is O=C(CCNC(=O)NCc1ccccc1)Nc1cccc2ncccc12. The van der Waals surface area contributed by atoms with Crippen LogP contribution in [0.1, 0.15) is 12.0 Å². The van der Waals surface area contributed by atoms with Crippen LogP contribution in [0.3, 0.4) is 0 Å². The highest BCUT2D eigenvalue weighted by Crippen LogP contribution is 2.21. The number of nitrogens with zero attached hydrogens (tertiary/aromatic N) is 1. The van der Waals surface area contributed by atoms with Crippen molar-refractivity contribution < 1.29 is 9.59 Å². The Morgan fingerprint density at radius 3 is 2.58 bits per heavy atom. The number of hydrogen-bond donors (Lipinski definition) is 3. The van der Waals surface area contributed by atoms with Crippen molar-refractivity contribution in [2.24, 2.45) is 0 Å². The average Bonchev–Trinajstić information content (AvgIpc) is 2.67. The summed E-state index contributed by atoms with van der Waals surface area (Å²) in [5, 5.41) is 9.19. The molecule has 0 fully saturated rings. The van der Waals surface area contributed by atoms with Gasteiger partial charge < -0.3 is 16.0 Å². The minimum atomic E-state index is -0.295. The van der Waals surface area contributed by atoms with Crippen molar-refractivity contribution in [1.82, 2.24) is 15.6 Å². The van der Waals surface area contributed by atoms with Gasteiger partial charge in [0.15, 0.2) is 0 Å². The highest BCUT2D eigenvalue weighted by atomic mass is 16.2. The Bertz CT molecular complexity index is 891. The molecule has 0 aliphatic rings. The van der Waals surface area contributed by atoms with Crippen LogP contribution < -0.4 is 16.0 Å². The number of fused-ring (bicyclic) bond motifs is 1. The van der Waals surface area contributed by atoms with E-state index in [1.165, 1.54) is 0 Å². The maximum Gasteiger partial charge on any atom is 0.315 e. The van der Waals surface area contributed by atoms with Gasteiger partial charge >= 0.3 is 6.03 Å². The number of urea groups is 1. The molecule has 0 radical (unpaired) electrons. The summed E-state index contributed by atoms with van der Waals surface area (Å²) < 4.78 is 0. The van der Waals surface area contributed by atoms with Gasteiger partial charge in [-0.3, -0.25) is 9.78 Å².